The van der Waals surface area contributed by atoms with Crippen LogP contribution in [0.4, 0.5) is 4.79 Å². The Morgan fingerprint density at radius 1 is 0.523 bits per heavy atom. The summed E-state index contributed by atoms with van der Waals surface area (Å²) in [6, 6.07) is 0. The van der Waals surface area contributed by atoms with Crippen LogP contribution in [0.3, 0.4) is 0 Å². The molecule has 7 nitrogen and oxygen atoms in total. The third-order valence-electron chi connectivity index (χ3n) is 8.80. The minimum atomic E-state index is -0.340. The Hall–Kier alpha value is -1.34. The summed E-state index contributed by atoms with van der Waals surface area (Å²) < 4.78 is 16.9. The van der Waals surface area contributed by atoms with E-state index in [1.54, 1.807) is 0 Å². The molecule has 0 aromatic heterocycles. The van der Waals surface area contributed by atoms with Crippen molar-refractivity contribution in [3.05, 3.63) is 0 Å². The summed E-state index contributed by atoms with van der Waals surface area (Å²) in [5.74, 6) is 0.0951. The Morgan fingerprint density at radius 3 is 1.61 bits per heavy atom. The van der Waals surface area contributed by atoms with Gasteiger partial charge in [0.2, 0.25) is 5.91 Å². The van der Waals surface area contributed by atoms with Gasteiger partial charge < -0.3 is 24.8 Å². The van der Waals surface area contributed by atoms with Crippen molar-refractivity contribution in [2.75, 3.05) is 46.1 Å². The summed E-state index contributed by atoms with van der Waals surface area (Å²) in [4.78, 5) is 24.0. The van der Waals surface area contributed by atoms with Crippen molar-refractivity contribution in [2.24, 2.45) is 5.41 Å². The lowest BCUT2D eigenvalue weighted by molar-refractivity contribution is -0.121. The van der Waals surface area contributed by atoms with Crippen LogP contribution in [-0.4, -0.2) is 58.1 Å². The summed E-state index contributed by atoms with van der Waals surface area (Å²) in [5.41, 5.74) is 0.0430. The van der Waals surface area contributed by atoms with Crippen LogP contribution in [0, 0.1) is 5.41 Å². The molecular formula is C37H72N2O5. The predicted octanol–water partition coefficient (Wildman–Crippen LogP) is 9.65. The molecule has 0 aromatic rings. The largest absolute Gasteiger partial charge is 0.449 e. The summed E-state index contributed by atoms with van der Waals surface area (Å²) >= 11 is 0. The number of ether oxygens (including phenoxy) is 3. The van der Waals surface area contributed by atoms with Gasteiger partial charge in [-0.1, -0.05) is 123 Å². The minimum Gasteiger partial charge on any atom is -0.449 e. The van der Waals surface area contributed by atoms with Crippen molar-refractivity contribution in [1.29, 1.82) is 0 Å². The number of unbranched alkanes of at least 4 members (excludes halogenated alkanes) is 18. The number of hydrogen-bond acceptors (Lipinski definition) is 5. The molecule has 260 valence electrons. The van der Waals surface area contributed by atoms with Crippen LogP contribution in [0.1, 0.15) is 174 Å². The first-order valence-electron chi connectivity index (χ1n) is 18.9. The van der Waals surface area contributed by atoms with Crippen LogP contribution in [0.2, 0.25) is 0 Å². The quantitative estimate of drug-likeness (QED) is 0.0696. The Morgan fingerprint density at radius 2 is 1.02 bits per heavy atom. The molecule has 2 amide bonds. The lowest BCUT2D eigenvalue weighted by atomic mass is 10.0. The minimum absolute atomic E-state index is 0.0430. The number of amides is 2. The van der Waals surface area contributed by atoms with Gasteiger partial charge in [0.25, 0.3) is 0 Å². The fourth-order valence-corrected chi connectivity index (χ4v) is 5.43. The van der Waals surface area contributed by atoms with Gasteiger partial charge in [0.15, 0.2) is 0 Å². The van der Waals surface area contributed by atoms with E-state index < -0.39 is 0 Å². The van der Waals surface area contributed by atoms with Crippen LogP contribution in [-0.2, 0) is 19.0 Å². The zero-order valence-corrected chi connectivity index (χ0v) is 29.2. The Labute approximate surface area is 272 Å². The maximum atomic E-state index is 12.1. The second kappa shape index (κ2) is 30.3. The molecule has 1 rings (SSSR count). The summed E-state index contributed by atoms with van der Waals surface area (Å²) in [5, 5.41) is 5.79. The Balaban J connectivity index is 1.82. The van der Waals surface area contributed by atoms with Gasteiger partial charge in [-0.2, -0.15) is 0 Å². The molecule has 0 bridgehead atoms. The van der Waals surface area contributed by atoms with E-state index >= 15 is 0 Å². The predicted molar refractivity (Wildman–Crippen MR) is 183 cm³/mol. The highest BCUT2D eigenvalue weighted by Crippen LogP contribution is 2.46. The number of alkyl carbamates (subject to hydrolysis) is 1. The monoisotopic (exact) mass is 625 g/mol. The van der Waals surface area contributed by atoms with E-state index in [-0.39, 0.29) is 17.4 Å². The number of rotatable bonds is 34. The second-order valence-corrected chi connectivity index (χ2v) is 13.3. The molecule has 0 atom stereocenters. The van der Waals surface area contributed by atoms with Crippen LogP contribution in [0.25, 0.3) is 0 Å². The van der Waals surface area contributed by atoms with Gasteiger partial charge in [-0.25, -0.2) is 4.79 Å². The highest BCUT2D eigenvalue weighted by molar-refractivity contribution is 5.75. The molecule has 2 N–H and O–H groups in total. The van der Waals surface area contributed by atoms with Crippen molar-refractivity contribution in [2.45, 2.75) is 174 Å². The van der Waals surface area contributed by atoms with E-state index in [0.717, 1.165) is 71.0 Å². The molecule has 0 unspecified atom stereocenters. The van der Waals surface area contributed by atoms with Gasteiger partial charge in [-0.3, -0.25) is 4.79 Å². The van der Waals surface area contributed by atoms with Gasteiger partial charge in [0.05, 0.1) is 6.61 Å². The third-order valence-corrected chi connectivity index (χ3v) is 8.80. The van der Waals surface area contributed by atoms with Crippen LogP contribution >= 0.6 is 0 Å². The molecule has 0 aliphatic heterocycles. The van der Waals surface area contributed by atoms with E-state index in [1.165, 1.54) is 96.3 Å². The smallest absolute Gasteiger partial charge is 0.407 e. The molecule has 44 heavy (non-hydrogen) atoms. The van der Waals surface area contributed by atoms with Gasteiger partial charge >= 0.3 is 6.09 Å². The van der Waals surface area contributed by atoms with Crippen LogP contribution in [0.5, 0.6) is 0 Å². The standard InChI is InChI=1S/C37H72N2O5/c1-3-5-7-8-9-10-11-12-13-14-15-16-17-18-19-23-31-43-33-37(26-27-37)34-44-36(41)39-28-22-20-21-25-35(40)38-29-24-32-42-30-6-4-2/h3-34H2,1-2H3,(H,38,40)(H,39,41). The van der Waals surface area contributed by atoms with Crippen molar-refractivity contribution in [3.63, 3.8) is 0 Å². The molecule has 1 aliphatic carbocycles. The van der Waals surface area contributed by atoms with Gasteiger partial charge in [0.1, 0.15) is 6.61 Å². The fourth-order valence-electron chi connectivity index (χ4n) is 5.43. The molecule has 0 heterocycles. The van der Waals surface area contributed by atoms with Gasteiger partial charge in [0, 0.05) is 44.7 Å². The molecular weight excluding hydrogens is 552 g/mol. The van der Waals surface area contributed by atoms with Gasteiger partial charge in [-0.05, 0) is 44.9 Å². The molecule has 1 aliphatic rings. The summed E-state index contributed by atoms with van der Waals surface area (Å²) in [6.45, 7) is 9.16. The maximum absolute atomic E-state index is 12.1. The number of nitrogens with one attached hydrogen (secondary N) is 2. The van der Waals surface area contributed by atoms with Crippen LogP contribution < -0.4 is 10.6 Å². The van der Waals surface area contributed by atoms with Gasteiger partial charge in [-0.15, -0.1) is 0 Å². The fraction of sp³-hybridized carbons (Fsp3) is 0.946. The molecule has 0 saturated heterocycles. The zero-order valence-electron chi connectivity index (χ0n) is 29.2. The normalized spacial score (nSPS) is 13.6. The Kier molecular flexibility index (Phi) is 28.0. The van der Waals surface area contributed by atoms with Crippen molar-refractivity contribution < 1.29 is 23.8 Å². The number of carbonyl (C=O) groups excluding carboxylic acids is 2. The number of carbonyl (C=O) groups is 2. The lowest BCUT2D eigenvalue weighted by Crippen LogP contribution is -2.29. The van der Waals surface area contributed by atoms with E-state index in [0.29, 0.717) is 39.3 Å². The molecule has 1 fully saturated rings. The summed E-state index contributed by atoms with van der Waals surface area (Å²) in [7, 11) is 0. The first kappa shape index (κ1) is 40.7. The van der Waals surface area contributed by atoms with E-state index in [1.807, 2.05) is 0 Å². The molecule has 0 spiro atoms. The highest BCUT2D eigenvalue weighted by Gasteiger charge is 2.44. The first-order chi connectivity index (χ1) is 21.6. The number of hydrogen-bond donors (Lipinski definition) is 2. The highest BCUT2D eigenvalue weighted by atomic mass is 16.6. The van der Waals surface area contributed by atoms with Crippen molar-refractivity contribution in [3.8, 4) is 0 Å². The molecule has 7 heteroatoms. The Bertz CT molecular complexity index is 656. The van der Waals surface area contributed by atoms with Crippen molar-refractivity contribution in [1.82, 2.24) is 10.6 Å². The molecule has 0 radical (unpaired) electrons. The maximum Gasteiger partial charge on any atom is 0.407 e. The zero-order chi connectivity index (χ0) is 31.8. The van der Waals surface area contributed by atoms with Crippen molar-refractivity contribution >= 4 is 12.0 Å². The second-order valence-electron chi connectivity index (χ2n) is 13.3. The molecule has 0 aromatic carbocycles. The lowest BCUT2D eigenvalue weighted by Gasteiger charge is -2.16. The van der Waals surface area contributed by atoms with Crippen LogP contribution in [0.15, 0.2) is 0 Å². The topological polar surface area (TPSA) is 85.9 Å². The van der Waals surface area contributed by atoms with E-state index in [2.05, 4.69) is 24.5 Å². The molecule has 1 saturated carbocycles. The summed E-state index contributed by atoms with van der Waals surface area (Å²) in [6.07, 6.45) is 30.1. The first-order valence-corrected chi connectivity index (χ1v) is 18.9. The van der Waals surface area contributed by atoms with E-state index in [4.69, 9.17) is 14.2 Å². The average Bonchev–Trinajstić information content (AvgIpc) is 3.80. The average molecular weight is 625 g/mol. The SMILES string of the molecule is CCCCCCCCCCCCCCCCCCOCC1(COC(=O)NCCCCCC(=O)NCCCOCCCC)CC1. The third kappa shape index (κ3) is 27.0. The van der Waals surface area contributed by atoms with E-state index in [9.17, 15) is 9.59 Å².